The van der Waals surface area contributed by atoms with E-state index in [4.69, 9.17) is 13.8 Å². The van der Waals surface area contributed by atoms with Crippen molar-refractivity contribution in [2.45, 2.75) is 51.0 Å². The summed E-state index contributed by atoms with van der Waals surface area (Å²) in [5, 5.41) is 8.05. The third-order valence-electron chi connectivity index (χ3n) is 3.94. The van der Waals surface area contributed by atoms with Crippen LogP contribution in [0, 0.1) is 6.92 Å². The summed E-state index contributed by atoms with van der Waals surface area (Å²) >= 11 is 0. The summed E-state index contributed by atoms with van der Waals surface area (Å²) in [6, 6.07) is 1.87. The van der Waals surface area contributed by atoms with E-state index in [1.54, 1.807) is 7.11 Å². The van der Waals surface area contributed by atoms with Gasteiger partial charge in [-0.15, -0.1) is 0 Å². The number of methoxy groups -OCH3 is 1. The zero-order valence-electron chi connectivity index (χ0n) is 11.9. The van der Waals surface area contributed by atoms with Crippen molar-refractivity contribution in [1.82, 2.24) is 15.3 Å². The minimum absolute atomic E-state index is 0.375. The van der Waals surface area contributed by atoms with Crippen molar-refractivity contribution in [3.8, 4) is 0 Å². The quantitative estimate of drug-likeness (QED) is 0.855. The van der Waals surface area contributed by atoms with Gasteiger partial charge < -0.3 is 13.8 Å². The van der Waals surface area contributed by atoms with Crippen LogP contribution in [0.15, 0.2) is 15.1 Å². The maximum Gasteiger partial charge on any atom is 0.232 e. The zero-order valence-corrected chi connectivity index (χ0v) is 11.9. The average molecular weight is 277 g/mol. The molecule has 1 aliphatic rings. The molecule has 6 heteroatoms. The molecule has 0 aromatic carbocycles. The topological polar surface area (TPSA) is 74.2 Å². The molecule has 0 atom stereocenters. The molecule has 0 saturated heterocycles. The molecule has 0 radical (unpaired) electrons. The summed E-state index contributed by atoms with van der Waals surface area (Å²) in [4.78, 5) is 4.50. The van der Waals surface area contributed by atoms with Gasteiger partial charge in [-0.1, -0.05) is 29.6 Å². The summed E-state index contributed by atoms with van der Waals surface area (Å²) in [7, 11) is 1.72. The Bertz CT molecular complexity index is 570. The molecule has 1 aliphatic carbocycles. The summed E-state index contributed by atoms with van der Waals surface area (Å²) in [5.74, 6) is 1.99. The zero-order chi connectivity index (χ0) is 14.0. The first-order valence-corrected chi connectivity index (χ1v) is 7.02. The number of aryl methyl sites for hydroxylation is 1. The van der Waals surface area contributed by atoms with E-state index in [9.17, 15) is 0 Å². The third kappa shape index (κ3) is 2.47. The predicted molar refractivity (Wildman–Crippen MR) is 70.1 cm³/mol. The molecule has 0 N–H and O–H groups in total. The lowest BCUT2D eigenvalue weighted by atomic mass is 9.84. The number of hydrogen-bond donors (Lipinski definition) is 0. The average Bonchev–Trinajstić information content (AvgIpc) is 3.10. The monoisotopic (exact) mass is 277 g/mol. The molecule has 2 heterocycles. The van der Waals surface area contributed by atoms with Crippen LogP contribution in [0.1, 0.15) is 55.3 Å². The van der Waals surface area contributed by atoms with E-state index in [1.165, 1.54) is 6.42 Å². The van der Waals surface area contributed by atoms with Crippen molar-refractivity contribution in [3.63, 3.8) is 0 Å². The Morgan fingerprint density at radius 3 is 2.65 bits per heavy atom. The van der Waals surface area contributed by atoms with Crippen LogP contribution in [-0.2, 0) is 16.8 Å². The van der Waals surface area contributed by atoms with Gasteiger partial charge in [-0.05, 0) is 19.8 Å². The SMILES string of the molecule is COC1(c2noc(Cc3cc(C)on3)n2)CCCCC1. The lowest BCUT2D eigenvalue weighted by Crippen LogP contribution is -2.32. The van der Waals surface area contributed by atoms with Crippen LogP contribution in [0.2, 0.25) is 0 Å². The molecule has 0 amide bonds. The Morgan fingerprint density at radius 2 is 2.00 bits per heavy atom. The van der Waals surface area contributed by atoms with Gasteiger partial charge in [0.25, 0.3) is 0 Å². The van der Waals surface area contributed by atoms with Crippen molar-refractivity contribution in [1.29, 1.82) is 0 Å². The fourth-order valence-corrected chi connectivity index (χ4v) is 2.81. The van der Waals surface area contributed by atoms with Crippen molar-refractivity contribution in [2.75, 3.05) is 7.11 Å². The molecular weight excluding hydrogens is 258 g/mol. The molecule has 2 aromatic rings. The Kier molecular flexibility index (Phi) is 3.56. The van der Waals surface area contributed by atoms with Crippen LogP contribution in [0.25, 0.3) is 0 Å². The Balaban J connectivity index is 1.78. The van der Waals surface area contributed by atoms with Crippen molar-refractivity contribution in [2.24, 2.45) is 0 Å². The lowest BCUT2D eigenvalue weighted by Gasteiger charge is -2.32. The molecule has 0 unspecified atom stereocenters. The summed E-state index contributed by atoms with van der Waals surface area (Å²) in [5.41, 5.74) is 0.424. The number of hydrogen-bond acceptors (Lipinski definition) is 6. The number of nitrogens with zero attached hydrogens (tertiary/aromatic N) is 3. The minimum atomic E-state index is -0.375. The molecule has 108 valence electrons. The molecule has 1 fully saturated rings. The standard InChI is InChI=1S/C14H19N3O3/c1-10-8-11(16-19-10)9-12-15-13(17-20-12)14(18-2)6-4-3-5-7-14/h8H,3-7,9H2,1-2H3. The van der Waals surface area contributed by atoms with E-state index in [2.05, 4.69) is 15.3 Å². The van der Waals surface area contributed by atoms with Gasteiger partial charge in [0.1, 0.15) is 11.4 Å². The van der Waals surface area contributed by atoms with Gasteiger partial charge >= 0.3 is 0 Å². The van der Waals surface area contributed by atoms with E-state index in [1.807, 2.05) is 13.0 Å². The summed E-state index contributed by atoms with van der Waals surface area (Å²) in [6.45, 7) is 1.86. The highest BCUT2D eigenvalue weighted by Gasteiger charge is 2.38. The highest BCUT2D eigenvalue weighted by Crippen LogP contribution is 2.38. The highest BCUT2D eigenvalue weighted by atomic mass is 16.5. The normalized spacial score (nSPS) is 18.3. The first-order chi connectivity index (χ1) is 9.72. The molecule has 0 bridgehead atoms. The number of ether oxygens (including phenoxy) is 1. The van der Waals surface area contributed by atoms with Gasteiger partial charge in [-0.3, -0.25) is 0 Å². The Morgan fingerprint density at radius 1 is 1.20 bits per heavy atom. The number of aromatic nitrogens is 3. The fraction of sp³-hybridized carbons (Fsp3) is 0.643. The Labute approximate surface area is 117 Å². The van der Waals surface area contributed by atoms with Gasteiger partial charge in [0.05, 0.1) is 12.1 Å². The van der Waals surface area contributed by atoms with Gasteiger partial charge in [0, 0.05) is 13.2 Å². The van der Waals surface area contributed by atoms with Crippen molar-refractivity contribution < 1.29 is 13.8 Å². The second-order valence-corrected chi connectivity index (χ2v) is 5.38. The third-order valence-corrected chi connectivity index (χ3v) is 3.94. The van der Waals surface area contributed by atoms with Crippen LogP contribution in [0.5, 0.6) is 0 Å². The second kappa shape index (κ2) is 5.36. The van der Waals surface area contributed by atoms with Gasteiger partial charge in [-0.25, -0.2) is 0 Å². The minimum Gasteiger partial charge on any atom is -0.370 e. The first-order valence-electron chi connectivity index (χ1n) is 7.02. The summed E-state index contributed by atoms with van der Waals surface area (Å²) in [6.07, 6.45) is 5.91. The lowest BCUT2D eigenvalue weighted by molar-refractivity contribution is -0.0527. The predicted octanol–water partition coefficient (Wildman–Crippen LogP) is 2.76. The van der Waals surface area contributed by atoms with Crippen molar-refractivity contribution in [3.05, 3.63) is 29.2 Å². The van der Waals surface area contributed by atoms with E-state index >= 15 is 0 Å². The number of rotatable bonds is 4. The molecule has 3 rings (SSSR count). The largest absolute Gasteiger partial charge is 0.370 e. The molecule has 20 heavy (non-hydrogen) atoms. The van der Waals surface area contributed by atoms with Gasteiger partial charge in [0.2, 0.25) is 11.7 Å². The smallest absolute Gasteiger partial charge is 0.232 e. The van der Waals surface area contributed by atoms with E-state index in [0.29, 0.717) is 18.1 Å². The molecule has 1 saturated carbocycles. The van der Waals surface area contributed by atoms with Gasteiger partial charge in [-0.2, -0.15) is 4.98 Å². The molecule has 2 aromatic heterocycles. The maximum absolute atomic E-state index is 5.71. The van der Waals surface area contributed by atoms with Crippen LogP contribution in [-0.4, -0.2) is 22.4 Å². The van der Waals surface area contributed by atoms with Crippen LogP contribution < -0.4 is 0 Å². The fourth-order valence-electron chi connectivity index (χ4n) is 2.81. The second-order valence-electron chi connectivity index (χ2n) is 5.38. The first kappa shape index (κ1) is 13.3. The van der Waals surface area contributed by atoms with Crippen LogP contribution in [0.3, 0.4) is 0 Å². The highest BCUT2D eigenvalue weighted by molar-refractivity contribution is 5.10. The molecule has 0 aliphatic heterocycles. The van der Waals surface area contributed by atoms with Crippen molar-refractivity contribution >= 4 is 0 Å². The van der Waals surface area contributed by atoms with Crippen LogP contribution in [0.4, 0.5) is 0 Å². The van der Waals surface area contributed by atoms with E-state index in [-0.39, 0.29) is 5.60 Å². The maximum atomic E-state index is 5.71. The van der Waals surface area contributed by atoms with E-state index < -0.39 is 0 Å². The molecular formula is C14H19N3O3. The van der Waals surface area contributed by atoms with Gasteiger partial charge in [0.15, 0.2) is 0 Å². The molecule has 0 spiro atoms. The molecule has 6 nitrogen and oxygen atoms in total. The van der Waals surface area contributed by atoms with E-state index in [0.717, 1.165) is 37.1 Å². The summed E-state index contributed by atoms with van der Waals surface area (Å²) < 4.78 is 16.1. The Hall–Kier alpha value is -1.69. The van der Waals surface area contributed by atoms with Crippen LogP contribution >= 0.6 is 0 Å².